The lowest BCUT2D eigenvalue weighted by atomic mass is 10.1. The second kappa shape index (κ2) is 7.53. The van der Waals surface area contributed by atoms with Crippen LogP contribution in [-0.2, 0) is 19.4 Å². The van der Waals surface area contributed by atoms with Crippen molar-refractivity contribution < 1.29 is 14.3 Å². The number of aliphatic hydroxyl groups is 1. The van der Waals surface area contributed by atoms with E-state index in [0.717, 1.165) is 12.0 Å². The Morgan fingerprint density at radius 3 is 2.92 bits per heavy atom. The SMILES string of the molecule is CC(CC(O)c1ccco1)NC(=O)NCc1ccc2c(c1)CCC2. The minimum absolute atomic E-state index is 0.162. The number of amides is 2. The summed E-state index contributed by atoms with van der Waals surface area (Å²) < 4.78 is 5.16. The van der Waals surface area contributed by atoms with E-state index in [1.807, 2.05) is 6.92 Å². The van der Waals surface area contributed by atoms with E-state index in [2.05, 4.69) is 28.8 Å². The number of hydrogen-bond acceptors (Lipinski definition) is 3. The highest BCUT2D eigenvalue weighted by Crippen LogP contribution is 2.22. The topological polar surface area (TPSA) is 74.5 Å². The van der Waals surface area contributed by atoms with Crippen LogP contribution < -0.4 is 10.6 Å². The largest absolute Gasteiger partial charge is 0.467 e. The van der Waals surface area contributed by atoms with Gasteiger partial charge in [0.25, 0.3) is 0 Å². The second-order valence-corrected chi connectivity index (χ2v) is 6.45. The minimum Gasteiger partial charge on any atom is -0.467 e. The van der Waals surface area contributed by atoms with Gasteiger partial charge < -0.3 is 20.2 Å². The Hall–Kier alpha value is -2.27. The molecular weight excluding hydrogens is 304 g/mol. The lowest BCUT2D eigenvalue weighted by molar-refractivity contribution is 0.129. The fraction of sp³-hybridized carbons (Fsp3) is 0.421. The van der Waals surface area contributed by atoms with E-state index >= 15 is 0 Å². The van der Waals surface area contributed by atoms with E-state index < -0.39 is 6.10 Å². The number of aryl methyl sites for hydroxylation is 2. The molecule has 0 fully saturated rings. The molecule has 3 N–H and O–H groups in total. The van der Waals surface area contributed by atoms with Crippen molar-refractivity contribution in [2.45, 2.75) is 51.3 Å². The van der Waals surface area contributed by atoms with Crippen LogP contribution in [0, 0.1) is 0 Å². The molecule has 1 aromatic carbocycles. The summed E-state index contributed by atoms with van der Waals surface area (Å²) in [6, 6.07) is 9.51. The highest BCUT2D eigenvalue weighted by atomic mass is 16.4. The summed E-state index contributed by atoms with van der Waals surface area (Å²) in [5.41, 5.74) is 3.96. The predicted octanol–water partition coefficient (Wildman–Crippen LogP) is 3.08. The number of furan rings is 1. The lowest BCUT2D eigenvalue weighted by Crippen LogP contribution is -2.41. The first-order chi connectivity index (χ1) is 11.6. The van der Waals surface area contributed by atoms with Crippen molar-refractivity contribution in [3.05, 3.63) is 59.0 Å². The maximum Gasteiger partial charge on any atom is 0.315 e. The average molecular weight is 328 g/mol. The molecule has 0 saturated carbocycles. The third-order valence-electron chi connectivity index (χ3n) is 4.44. The van der Waals surface area contributed by atoms with Crippen molar-refractivity contribution in [3.8, 4) is 0 Å². The number of rotatable bonds is 6. The third-order valence-corrected chi connectivity index (χ3v) is 4.44. The number of aliphatic hydroxyl groups excluding tert-OH is 1. The van der Waals surface area contributed by atoms with E-state index in [0.29, 0.717) is 18.7 Å². The van der Waals surface area contributed by atoms with Crippen LogP contribution in [0.25, 0.3) is 0 Å². The molecule has 5 heteroatoms. The molecular formula is C19H24N2O3. The molecule has 1 aliphatic carbocycles. The van der Waals surface area contributed by atoms with Gasteiger partial charge in [-0.15, -0.1) is 0 Å². The van der Waals surface area contributed by atoms with Gasteiger partial charge in [-0.2, -0.15) is 0 Å². The van der Waals surface area contributed by atoms with Crippen LogP contribution in [0.15, 0.2) is 41.0 Å². The number of carbonyl (C=O) groups is 1. The van der Waals surface area contributed by atoms with Crippen molar-refractivity contribution in [1.29, 1.82) is 0 Å². The lowest BCUT2D eigenvalue weighted by Gasteiger charge is -2.17. The zero-order chi connectivity index (χ0) is 16.9. The molecule has 3 rings (SSSR count). The Bertz CT molecular complexity index is 682. The summed E-state index contributed by atoms with van der Waals surface area (Å²) >= 11 is 0. The smallest absolute Gasteiger partial charge is 0.315 e. The molecule has 0 radical (unpaired) electrons. The van der Waals surface area contributed by atoms with Crippen molar-refractivity contribution in [3.63, 3.8) is 0 Å². The first kappa shape index (κ1) is 16.6. The standard InChI is InChI=1S/C19H24N2O3/c1-13(10-17(22)18-6-3-9-24-18)21-19(23)20-12-14-7-8-15-4-2-5-16(15)11-14/h3,6-9,11,13,17,22H,2,4-5,10,12H2,1H3,(H2,20,21,23). The molecule has 0 aliphatic heterocycles. The predicted molar refractivity (Wildman–Crippen MR) is 91.6 cm³/mol. The quantitative estimate of drug-likeness (QED) is 0.763. The zero-order valence-electron chi connectivity index (χ0n) is 13.9. The number of hydrogen-bond donors (Lipinski definition) is 3. The molecule has 1 heterocycles. The van der Waals surface area contributed by atoms with Gasteiger partial charge >= 0.3 is 6.03 Å². The maximum absolute atomic E-state index is 12.0. The van der Waals surface area contributed by atoms with E-state index in [9.17, 15) is 9.90 Å². The molecule has 2 amide bonds. The zero-order valence-corrected chi connectivity index (χ0v) is 13.9. The molecule has 2 aromatic rings. The van der Waals surface area contributed by atoms with E-state index in [1.165, 1.54) is 30.2 Å². The summed E-state index contributed by atoms with van der Waals surface area (Å²) in [4.78, 5) is 12.0. The first-order valence-corrected chi connectivity index (χ1v) is 8.48. The molecule has 24 heavy (non-hydrogen) atoms. The van der Waals surface area contributed by atoms with Crippen molar-refractivity contribution in [1.82, 2.24) is 10.6 Å². The summed E-state index contributed by atoms with van der Waals surface area (Å²) in [5.74, 6) is 0.516. The molecule has 0 saturated heterocycles. The number of benzene rings is 1. The summed E-state index contributed by atoms with van der Waals surface area (Å²) in [6.45, 7) is 2.37. The molecule has 2 unspecified atom stereocenters. The van der Waals surface area contributed by atoms with Crippen LogP contribution in [0.2, 0.25) is 0 Å². The monoisotopic (exact) mass is 328 g/mol. The molecule has 2 atom stereocenters. The van der Waals surface area contributed by atoms with E-state index in [1.54, 1.807) is 12.1 Å². The fourth-order valence-electron chi connectivity index (χ4n) is 3.18. The molecule has 128 valence electrons. The van der Waals surface area contributed by atoms with Gasteiger partial charge in [-0.3, -0.25) is 0 Å². The minimum atomic E-state index is -0.716. The Morgan fingerprint density at radius 1 is 1.29 bits per heavy atom. The van der Waals surface area contributed by atoms with Crippen LogP contribution in [-0.4, -0.2) is 17.2 Å². The van der Waals surface area contributed by atoms with E-state index in [-0.39, 0.29) is 12.1 Å². The fourth-order valence-corrected chi connectivity index (χ4v) is 3.18. The van der Waals surface area contributed by atoms with Crippen LogP contribution in [0.3, 0.4) is 0 Å². The summed E-state index contributed by atoms with van der Waals surface area (Å²) in [7, 11) is 0. The number of carbonyl (C=O) groups excluding carboxylic acids is 1. The third kappa shape index (κ3) is 4.17. The van der Waals surface area contributed by atoms with Gasteiger partial charge in [0, 0.05) is 19.0 Å². The molecule has 5 nitrogen and oxygen atoms in total. The summed E-state index contributed by atoms with van der Waals surface area (Å²) in [5, 5.41) is 15.7. The van der Waals surface area contributed by atoms with Gasteiger partial charge in [0.1, 0.15) is 11.9 Å². The Labute approximate surface area is 142 Å². The Balaban J connectivity index is 1.43. The van der Waals surface area contributed by atoms with Crippen LogP contribution in [0.1, 0.15) is 48.3 Å². The van der Waals surface area contributed by atoms with Crippen molar-refractivity contribution in [2.75, 3.05) is 0 Å². The van der Waals surface area contributed by atoms with Crippen LogP contribution >= 0.6 is 0 Å². The first-order valence-electron chi connectivity index (χ1n) is 8.48. The van der Waals surface area contributed by atoms with Gasteiger partial charge in [-0.25, -0.2) is 4.79 Å². The average Bonchev–Trinajstić information content (AvgIpc) is 3.23. The highest BCUT2D eigenvalue weighted by molar-refractivity contribution is 5.74. The second-order valence-electron chi connectivity index (χ2n) is 6.45. The van der Waals surface area contributed by atoms with Crippen LogP contribution in [0.5, 0.6) is 0 Å². The Kier molecular flexibility index (Phi) is 5.20. The molecule has 0 bridgehead atoms. The van der Waals surface area contributed by atoms with E-state index in [4.69, 9.17) is 4.42 Å². The van der Waals surface area contributed by atoms with Gasteiger partial charge in [0.05, 0.1) is 6.26 Å². The van der Waals surface area contributed by atoms with Gasteiger partial charge in [0.2, 0.25) is 0 Å². The highest BCUT2D eigenvalue weighted by Gasteiger charge is 2.16. The number of urea groups is 1. The summed E-state index contributed by atoms with van der Waals surface area (Å²) in [6.07, 6.45) is 4.74. The number of nitrogens with one attached hydrogen (secondary N) is 2. The maximum atomic E-state index is 12.0. The molecule has 0 spiro atoms. The molecule has 1 aliphatic rings. The Morgan fingerprint density at radius 2 is 2.12 bits per heavy atom. The normalized spacial score (nSPS) is 15.6. The van der Waals surface area contributed by atoms with Crippen molar-refractivity contribution >= 4 is 6.03 Å². The van der Waals surface area contributed by atoms with Gasteiger partial charge in [-0.05, 0) is 55.0 Å². The van der Waals surface area contributed by atoms with Crippen LogP contribution in [0.4, 0.5) is 4.79 Å². The van der Waals surface area contributed by atoms with Gasteiger partial charge in [-0.1, -0.05) is 18.2 Å². The molecule has 1 aromatic heterocycles. The number of fused-ring (bicyclic) bond motifs is 1. The van der Waals surface area contributed by atoms with Gasteiger partial charge in [0.15, 0.2) is 0 Å². The van der Waals surface area contributed by atoms with Crippen molar-refractivity contribution in [2.24, 2.45) is 0 Å².